The number of aryl methyl sites for hydroxylation is 2. The number of carbonyl (C=O) groups is 2. The fraction of sp³-hybridized carbons (Fsp3) is 0.391. The standard InChI is InChI=1S/C23H25FN2O4S/c1-14-8-10-17(12-20(14)24)25-31(29,30)21-11-16(9-7-15(21)2)13-26-22(27)18-5-3-4-6-19(18)23(26)28/h7-12,18-19,25H,3-6,13H2,1-2H3/t18-,19-/m1/s1. The molecule has 1 aliphatic carbocycles. The summed E-state index contributed by atoms with van der Waals surface area (Å²) in [6.07, 6.45) is 3.37. The highest BCUT2D eigenvalue weighted by atomic mass is 32.2. The Morgan fingerprint density at radius 2 is 1.58 bits per heavy atom. The molecule has 164 valence electrons. The number of benzene rings is 2. The van der Waals surface area contributed by atoms with Crippen molar-refractivity contribution in [3.8, 4) is 0 Å². The highest BCUT2D eigenvalue weighted by Gasteiger charge is 2.47. The second-order valence-corrected chi connectivity index (χ2v) is 10.1. The lowest BCUT2D eigenvalue weighted by Gasteiger charge is -2.19. The quantitative estimate of drug-likeness (QED) is 0.709. The zero-order valence-corrected chi connectivity index (χ0v) is 18.3. The van der Waals surface area contributed by atoms with E-state index in [0.29, 0.717) is 16.7 Å². The topological polar surface area (TPSA) is 83.6 Å². The first-order valence-corrected chi connectivity index (χ1v) is 11.9. The third-order valence-corrected chi connectivity index (χ3v) is 7.76. The number of hydrogen-bond donors (Lipinski definition) is 1. The number of nitrogens with zero attached hydrogens (tertiary/aromatic N) is 1. The fourth-order valence-corrected chi connectivity index (χ4v) is 5.81. The van der Waals surface area contributed by atoms with Gasteiger partial charge in [0.25, 0.3) is 10.0 Å². The molecule has 2 atom stereocenters. The molecule has 0 unspecified atom stereocenters. The van der Waals surface area contributed by atoms with Crippen LogP contribution in [0.15, 0.2) is 41.3 Å². The second kappa shape index (κ2) is 8.07. The van der Waals surface area contributed by atoms with Crippen molar-refractivity contribution in [2.45, 2.75) is 51.0 Å². The van der Waals surface area contributed by atoms with Crippen molar-refractivity contribution in [1.29, 1.82) is 0 Å². The molecule has 2 aromatic carbocycles. The predicted molar refractivity (Wildman–Crippen MR) is 114 cm³/mol. The summed E-state index contributed by atoms with van der Waals surface area (Å²) < 4.78 is 42.2. The molecule has 8 heteroatoms. The van der Waals surface area contributed by atoms with Gasteiger partial charge in [0.2, 0.25) is 11.8 Å². The fourth-order valence-electron chi connectivity index (χ4n) is 4.47. The summed E-state index contributed by atoms with van der Waals surface area (Å²) in [6.45, 7) is 3.31. The van der Waals surface area contributed by atoms with E-state index in [1.807, 2.05) is 0 Å². The van der Waals surface area contributed by atoms with Crippen LogP contribution in [0.1, 0.15) is 42.4 Å². The molecule has 0 spiro atoms. The molecule has 1 saturated heterocycles. The molecule has 1 N–H and O–H groups in total. The Kier molecular flexibility index (Phi) is 5.60. The van der Waals surface area contributed by atoms with Crippen LogP contribution in [0.2, 0.25) is 0 Å². The maximum atomic E-state index is 13.8. The largest absolute Gasteiger partial charge is 0.280 e. The van der Waals surface area contributed by atoms with Crippen LogP contribution < -0.4 is 4.72 Å². The van der Waals surface area contributed by atoms with E-state index in [9.17, 15) is 22.4 Å². The van der Waals surface area contributed by atoms with Gasteiger partial charge in [-0.25, -0.2) is 12.8 Å². The summed E-state index contributed by atoms with van der Waals surface area (Å²) in [5.74, 6) is -1.31. The monoisotopic (exact) mass is 444 g/mol. The third kappa shape index (κ3) is 4.08. The van der Waals surface area contributed by atoms with Crippen molar-refractivity contribution in [2.75, 3.05) is 4.72 Å². The number of rotatable bonds is 5. The van der Waals surface area contributed by atoms with Crippen LogP contribution in [0.25, 0.3) is 0 Å². The van der Waals surface area contributed by atoms with Gasteiger partial charge in [0, 0.05) is 0 Å². The Morgan fingerprint density at radius 1 is 0.968 bits per heavy atom. The van der Waals surface area contributed by atoms with E-state index in [-0.39, 0.29) is 40.8 Å². The van der Waals surface area contributed by atoms with E-state index in [2.05, 4.69) is 4.72 Å². The Morgan fingerprint density at radius 3 is 2.19 bits per heavy atom. The number of nitrogens with one attached hydrogen (secondary N) is 1. The van der Waals surface area contributed by atoms with Gasteiger partial charge in [-0.05, 0) is 61.6 Å². The number of anilines is 1. The molecule has 0 radical (unpaired) electrons. The maximum absolute atomic E-state index is 13.8. The molecule has 1 saturated carbocycles. The summed E-state index contributed by atoms with van der Waals surface area (Å²) in [5, 5.41) is 0. The molecule has 1 aliphatic heterocycles. The Bertz CT molecular complexity index is 1140. The van der Waals surface area contributed by atoms with Gasteiger partial charge in [-0.1, -0.05) is 31.0 Å². The number of amides is 2. The summed E-state index contributed by atoms with van der Waals surface area (Å²) in [7, 11) is -3.98. The molecular weight excluding hydrogens is 419 g/mol. The Labute approximate surface area is 181 Å². The van der Waals surface area contributed by atoms with Gasteiger partial charge in [0.05, 0.1) is 29.0 Å². The van der Waals surface area contributed by atoms with Gasteiger partial charge < -0.3 is 0 Å². The number of hydrogen-bond acceptors (Lipinski definition) is 4. The van der Waals surface area contributed by atoms with Gasteiger partial charge in [0.15, 0.2) is 0 Å². The Balaban J connectivity index is 1.59. The average Bonchev–Trinajstić information content (AvgIpc) is 2.97. The SMILES string of the molecule is Cc1ccc(NS(=O)(=O)c2cc(CN3C(=O)[C@@H]4CCCC[C@H]4C3=O)ccc2C)cc1F. The number of imide groups is 1. The van der Waals surface area contributed by atoms with Gasteiger partial charge in [-0.3, -0.25) is 19.2 Å². The van der Waals surface area contributed by atoms with Gasteiger partial charge in [-0.15, -0.1) is 0 Å². The smallest absolute Gasteiger partial charge is 0.262 e. The second-order valence-electron chi connectivity index (χ2n) is 8.43. The first-order valence-electron chi connectivity index (χ1n) is 10.4. The summed E-state index contributed by atoms with van der Waals surface area (Å²) in [6, 6.07) is 8.99. The maximum Gasteiger partial charge on any atom is 0.262 e. The molecule has 6 nitrogen and oxygen atoms in total. The van der Waals surface area contributed by atoms with Crippen molar-refractivity contribution in [3.63, 3.8) is 0 Å². The molecule has 0 aromatic heterocycles. The third-order valence-electron chi connectivity index (χ3n) is 6.24. The van der Waals surface area contributed by atoms with E-state index in [0.717, 1.165) is 31.7 Å². The minimum Gasteiger partial charge on any atom is -0.280 e. The molecule has 2 fully saturated rings. The zero-order chi connectivity index (χ0) is 22.3. The number of fused-ring (bicyclic) bond motifs is 1. The molecule has 2 amide bonds. The average molecular weight is 445 g/mol. The molecule has 2 aliphatic rings. The summed E-state index contributed by atoms with van der Waals surface area (Å²) in [5.41, 5.74) is 1.61. The van der Waals surface area contributed by atoms with Crippen LogP contribution in [0, 0.1) is 31.5 Å². The molecule has 2 aromatic rings. The van der Waals surface area contributed by atoms with E-state index in [1.54, 1.807) is 26.0 Å². The predicted octanol–water partition coefficient (Wildman–Crippen LogP) is 3.92. The molecule has 4 rings (SSSR count). The Hall–Kier alpha value is -2.74. The zero-order valence-electron chi connectivity index (χ0n) is 17.5. The van der Waals surface area contributed by atoms with Gasteiger partial charge in [0.1, 0.15) is 5.82 Å². The number of halogens is 1. The van der Waals surface area contributed by atoms with Crippen LogP contribution in [0.5, 0.6) is 0 Å². The summed E-state index contributed by atoms with van der Waals surface area (Å²) >= 11 is 0. The van der Waals surface area contributed by atoms with E-state index in [4.69, 9.17) is 0 Å². The van der Waals surface area contributed by atoms with Crippen LogP contribution in [-0.2, 0) is 26.2 Å². The minimum atomic E-state index is -3.98. The van der Waals surface area contributed by atoms with Gasteiger partial charge in [-0.2, -0.15) is 0 Å². The minimum absolute atomic E-state index is 0.0301. The van der Waals surface area contributed by atoms with E-state index >= 15 is 0 Å². The van der Waals surface area contributed by atoms with Crippen LogP contribution in [0.3, 0.4) is 0 Å². The van der Waals surface area contributed by atoms with Crippen molar-refractivity contribution in [3.05, 3.63) is 58.9 Å². The lowest BCUT2D eigenvalue weighted by Crippen LogP contribution is -2.30. The van der Waals surface area contributed by atoms with Crippen LogP contribution in [-0.4, -0.2) is 25.1 Å². The highest BCUT2D eigenvalue weighted by molar-refractivity contribution is 7.92. The molecule has 1 heterocycles. The van der Waals surface area contributed by atoms with Crippen molar-refractivity contribution >= 4 is 27.5 Å². The van der Waals surface area contributed by atoms with Crippen LogP contribution >= 0.6 is 0 Å². The highest BCUT2D eigenvalue weighted by Crippen LogP contribution is 2.38. The lowest BCUT2D eigenvalue weighted by molar-refractivity contribution is -0.140. The first-order chi connectivity index (χ1) is 14.7. The van der Waals surface area contributed by atoms with Crippen molar-refractivity contribution < 1.29 is 22.4 Å². The van der Waals surface area contributed by atoms with Crippen LogP contribution in [0.4, 0.5) is 10.1 Å². The molecule has 0 bridgehead atoms. The number of carbonyl (C=O) groups excluding carboxylic acids is 2. The molecule has 31 heavy (non-hydrogen) atoms. The van der Waals surface area contributed by atoms with E-state index in [1.165, 1.54) is 23.1 Å². The normalized spacial score (nSPS) is 21.3. The lowest BCUT2D eigenvalue weighted by atomic mass is 9.81. The number of sulfonamides is 1. The number of likely N-dealkylation sites (tertiary alicyclic amines) is 1. The molecular formula is C23H25FN2O4S. The van der Waals surface area contributed by atoms with Crippen molar-refractivity contribution in [1.82, 2.24) is 4.90 Å². The first kappa shape index (κ1) is 21.5. The van der Waals surface area contributed by atoms with Crippen molar-refractivity contribution in [2.24, 2.45) is 11.8 Å². The summed E-state index contributed by atoms with van der Waals surface area (Å²) in [4.78, 5) is 26.8. The van der Waals surface area contributed by atoms with Gasteiger partial charge >= 0.3 is 0 Å². The van der Waals surface area contributed by atoms with E-state index < -0.39 is 15.8 Å².